The van der Waals surface area contributed by atoms with E-state index in [-0.39, 0.29) is 12.1 Å². The first-order chi connectivity index (χ1) is 9.51. The van der Waals surface area contributed by atoms with Crippen LogP contribution in [0.5, 0.6) is 0 Å². The van der Waals surface area contributed by atoms with Crippen LogP contribution in [0.3, 0.4) is 0 Å². The standard InChI is InChI=1S/C15H30N2O3/c1-5-16-15(4,14(18)19-6-2)8-10-17-9-7-11-20-13(3)12-17/h13,16H,5-12H2,1-4H3. The van der Waals surface area contributed by atoms with Crippen molar-refractivity contribution < 1.29 is 14.3 Å². The van der Waals surface area contributed by atoms with E-state index in [4.69, 9.17) is 9.47 Å². The molecular weight excluding hydrogens is 256 g/mol. The summed E-state index contributed by atoms with van der Waals surface area (Å²) >= 11 is 0. The quantitative estimate of drug-likeness (QED) is 0.717. The Morgan fingerprint density at radius 2 is 2.25 bits per heavy atom. The van der Waals surface area contributed by atoms with Crippen LogP contribution in [-0.2, 0) is 14.3 Å². The fourth-order valence-corrected chi connectivity index (χ4v) is 2.61. The van der Waals surface area contributed by atoms with Gasteiger partial charge in [0.05, 0.1) is 12.7 Å². The van der Waals surface area contributed by atoms with Crippen molar-refractivity contribution in [3.05, 3.63) is 0 Å². The Labute approximate surface area is 123 Å². The number of carbonyl (C=O) groups excluding carboxylic acids is 1. The van der Waals surface area contributed by atoms with E-state index < -0.39 is 5.54 Å². The van der Waals surface area contributed by atoms with Crippen LogP contribution in [0.2, 0.25) is 0 Å². The molecule has 5 nitrogen and oxygen atoms in total. The maximum atomic E-state index is 12.1. The van der Waals surface area contributed by atoms with E-state index in [1.807, 2.05) is 20.8 Å². The van der Waals surface area contributed by atoms with Gasteiger partial charge in [0.1, 0.15) is 5.54 Å². The molecule has 0 radical (unpaired) electrons. The van der Waals surface area contributed by atoms with Crippen molar-refractivity contribution in [3.63, 3.8) is 0 Å². The molecule has 2 atom stereocenters. The molecule has 1 N–H and O–H groups in total. The molecule has 0 aromatic carbocycles. The van der Waals surface area contributed by atoms with Crippen LogP contribution in [0.1, 0.15) is 40.5 Å². The maximum absolute atomic E-state index is 12.1. The Hall–Kier alpha value is -0.650. The highest BCUT2D eigenvalue weighted by atomic mass is 16.5. The molecule has 20 heavy (non-hydrogen) atoms. The molecule has 1 saturated heterocycles. The molecule has 0 bridgehead atoms. The molecular formula is C15H30N2O3. The summed E-state index contributed by atoms with van der Waals surface area (Å²) in [6, 6.07) is 0. The van der Waals surface area contributed by atoms with Gasteiger partial charge < -0.3 is 19.7 Å². The summed E-state index contributed by atoms with van der Waals surface area (Å²) in [7, 11) is 0. The minimum absolute atomic E-state index is 0.152. The van der Waals surface area contributed by atoms with Crippen LogP contribution < -0.4 is 5.32 Å². The van der Waals surface area contributed by atoms with E-state index in [1.165, 1.54) is 0 Å². The van der Waals surface area contributed by atoms with Crippen molar-refractivity contribution in [1.29, 1.82) is 0 Å². The Bertz CT molecular complexity index is 299. The largest absolute Gasteiger partial charge is 0.465 e. The van der Waals surface area contributed by atoms with E-state index in [9.17, 15) is 4.79 Å². The zero-order chi connectivity index (χ0) is 15.0. The lowest BCUT2D eigenvalue weighted by Gasteiger charge is -2.31. The summed E-state index contributed by atoms with van der Waals surface area (Å²) in [6.45, 7) is 12.8. The van der Waals surface area contributed by atoms with Crippen molar-refractivity contribution in [2.45, 2.75) is 52.2 Å². The molecule has 1 heterocycles. The third-order valence-corrected chi connectivity index (χ3v) is 3.76. The molecule has 0 saturated carbocycles. The van der Waals surface area contributed by atoms with Gasteiger partial charge in [0.2, 0.25) is 0 Å². The predicted molar refractivity (Wildman–Crippen MR) is 79.8 cm³/mol. The Balaban J connectivity index is 2.54. The second kappa shape index (κ2) is 8.60. The maximum Gasteiger partial charge on any atom is 0.326 e. The molecule has 5 heteroatoms. The summed E-state index contributed by atoms with van der Waals surface area (Å²) in [5.41, 5.74) is -0.596. The van der Waals surface area contributed by atoms with Gasteiger partial charge >= 0.3 is 5.97 Å². The molecule has 0 spiro atoms. The third-order valence-electron chi connectivity index (χ3n) is 3.76. The average molecular weight is 286 g/mol. The lowest BCUT2D eigenvalue weighted by atomic mass is 9.97. The highest BCUT2D eigenvalue weighted by Gasteiger charge is 2.34. The molecule has 0 aliphatic carbocycles. The smallest absolute Gasteiger partial charge is 0.326 e. The van der Waals surface area contributed by atoms with Crippen LogP contribution in [0, 0.1) is 0 Å². The van der Waals surface area contributed by atoms with E-state index in [0.717, 1.165) is 45.6 Å². The summed E-state index contributed by atoms with van der Waals surface area (Å²) < 4.78 is 10.9. The number of ether oxygens (including phenoxy) is 2. The fraction of sp³-hybridized carbons (Fsp3) is 0.933. The van der Waals surface area contributed by atoms with Gasteiger partial charge in [-0.15, -0.1) is 0 Å². The number of nitrogens with one attached hydrogen (secondary N) is 1. The highest BCUT2D eigenvalue weighted by molar-refractivity contribution is 5.80. The summed E-state index contributed by atoms with van der Waals surface area (Å²) in [5.74, 6) is -0.152. The number of hydrogen-bond acceptors (Lipinski definition) is 5. The van der Waals surface area contributed by atoms with Crippen LogP contribution in [0.4, 0.5) is 0 Å². The summed E-state index contributed by atoms with van der Waals surface area (Å²) in [5, 5.41) is 3.28. The normalized spacial score (nSPS) is 23.9. The van der Waals surface area contributed by atoms with E-state index in [2.05, 4.69) is 17.1 Å². The van der Waals surface area contributed by atoms with E-state index in [1.54, 1.807) is 0 Å². The average Bonchev–Trinajstić information content (AvgIpc) is 2.61. The Morgan fingerprint density at radius 3 is 2.90 bits per heavy atom. The monoisotopic (exact) mass is 286 g/mol. The molecule has 1 aliphatic rings. The molecule has 118 valence electrons. The molecule has 1 rings (SSSR count). The van der Waals surface area contributed by atoms with E-state index >= 15 is 0 Å². The molecule has 1 fully saturated rings. The number of carbonyl (C=O) groups is 1. The van der Waals surface area contributed by atoms with Gasteiger partial charge in [-0.3, -0.25) is 4.79 Å². The van der Waals surface area contributed by atoms with Crippen molar-refractivity contribution in [2.24, 2.45) is 0 Å². The lowest BCUT2D eigenvalue weighted by Crippen LogP contribution is -2.52. The minimum Gasteiger partial charge on any atom is -0.465 e. The number of likely N-dealkylation sites (N-methyl/N-ethyl adjacent to an activating group) is 1. The first kappa shape index (κ1) is 17.4. The number of nitrogens with zero attached hydrogens (tertiary/aromatic N) is 1. The number of hydrogen-bond donors (Lipinski definition) is 1. The van der Waals surface area contributed by atoms with Crippen molar-refractivity contribution in [2.75, 3.05) is 39.4 Å². The lowest BCUT2D eigenvalue weighted by molar-refractivity contribution is -0.151. The van der Waals surface area contributed by atoms with E-state index in [0.29, 0.717) is 6.61 Å². The first-order valence-electron chi connectivity index (χ1n) is 7.78. The number of rotatable bonds is 7. The van der Waals surface area contributed by atoms with Crippen molar-refractivity contribution in [1.82, 2.24) is 10.2 Å². The van der Waals surface area contributed by atoms with Crippen LogP contribution >= 0.6 is 0 Å². The van der Waals surface area contributed by atoms with Gasteiger partial charge in [-0.25, -0.2) is 0 Å². The molecule has 0 amide bonds. The Morgan fingerprint density at radius 1 is 1.50 bits per heavy atom. The second-order valence-corrected chi connectivity index (χ2v) is 5.67. The Kier molecular flexibility index (Phi) is 7.48. The van der Waals surface area contributed by atoms with Crippen molar-refractivity contribution >= 4 is 5.97 Å². The van der Waals surface area contributed by atoms with Gasteiger partial charge in [0.25, 0.3) is 0 Å². The fourth-order valence-electron chi connectivity index (χ4n) is 2.61. The second-order valence-electron chi connectivity index (χ2n) is 5.67. The van der Waals surface area contributed by atoms with Crippen molar-refractivity contribution in [3.8, 4) is 0 Å². The van der Waals surface area contributed by atoms with Gasteiger partial charge in [0.15, 0.2) is 0 Å². The first-order valence-corrected chi connectivity index (χ1v) is 7.78. The zero-order valence-corrected chi connectivity index (χ0v) is 13.4. The third kappa shape index (κ3) is 5.38. The SMILES string of the molecule is CCNC(C)(CCN1CCCOC(C)C1)C(=O)OCC. The summed E-state index contributed by atoms with van der Waals surface area (Å²) in [4.78, 5) is 14.5. The molecule has 2 unspecified atom stereocenters. The van der Waals surface area contributed by atoms with Crippen LogP contribution in [-0.4, -0.2) is 61.9 Å². The predicted octanol–water partition coefficient (Wildman–Crippen LogP) is 1.42. The minimum atomic E-state index is -0.596. The van der Waals surface area contributed by atoms with Gasteiger partial charge in [-0.05, 0) is 40.2 Å². The van der Waals surface area contributed by atoms with Crippen LogP contribution in [0.15, 0.2) is 0 Å². The number of esters is 1. The highest BCUT2D eigenvalue weighted by Crippen LogP contribution is 2.15. The molecule has 0 aromatic rings. The topological polar surface area (TPSA) is 50.8 Å². The zero-order valence-electron chi connectivity index (χ0n) is 13.4. The summed E-state index contributed by atoms with van der Waals surface area (Å²) in [6.07, 6.45) is 2.08. The van der Waals surface area contributed by atoms with Gasteiger partial charge in [-0.1, -0.05) is 6.92 Å². The molecule has 1 aliphatic heterocycles. The van der Waals surface area contributed by atoms with Gasteiger partial charge in [0, 0.05) is 26.2 Å². The van der Waals surface area contributed by atoms with Crippen LogP contribution in [0.25, 0.3) is 0 Å². The van der Waals surface area contributed by atoms with Gasteiger partial charge in [-0.2, -0.15) is 0 Å². The molecule has 0 aromatic heterocycles.